The third-order valence-corrected chi connectivity index (χ3v) is 7.24. The van der Waals surface area contributed by atoms with E-state index < -0.39 is 6.09 Å². The van der Waals surface area contributed by atoms with Crippen LogP contribution in [-0.2, 0) is 14.0 Å². The first-order valence-electron chi connectivity index (χ1n) is 12.2. The molecule has 2 amide bonds. The van der Waals surface area contributed by atoms with E-state index in [2.05, 4.69) is 58.7 Å². The molecule has 2 aromatic heterocycles. The van der Waals surface area contributed by atoms with Crippen molar-refractivity contribution >= 4 is 58.0 Å². The summed E-state index contributed by atoms with van der Waals surface area (Å²) >= 11 is 8.47. The summed E-state index contributed by atoms with van der Waals surface area (Å²) < 4.78 is 7.67. The highest BCUT2D eigenvalue weighted by molar-refractivity contribution is 14.1. The predicted molar refractivity (Wildman–Crippen MR) is 155 cm³/mol. The van der Waals surface area contributed by atoms with E-state index in [0.717, 1.165) is 21.2 Å². The minimum absolute atomic E-state index is 0.269. The van der Waals surface area contributed by atoms with Gasteiger partial charge in [0.25, 0.3) is 0 Å². The Kier molecular flexibility index (Phi) is 8.51. The van der Waals surface area contributed by atoms with Gasteiger partial charge in [0.2, 0.25) is 5.91 Å². The van der Waals surface area contributed by atoms with Crippen molar-refractivity contribution < 1.29 is 14.3 Å². The number of H-pyrrole nitrogens is 1. The highest BCUT2D eigenvalue weighted by Crippen LogP contribution is 2.31. The van der Waals surface area contributed by atoms with Crippen LogP contribution in [0.15, 0.2) is 55.0 Å². The van der Waals surface area contributed by atoms with Gasteiger partial charge < -0.3 is 15.0 Å². The molecule has 0 aliphatic carbocycles. The number of alkyl halides is 1. The molecule has 3 N–H and O–H groups in total. The Hall–Kier alpha value is -3.78. The number of fused-ring (bicyclic) bond motifs is 4. The fourth-order valence-corrected chi connectivity index (χ4v) is 4.88. The van der Waals surface area contributed by atoms with Gasteiger partial charge in [0.05, 0.1) is 35.9 Å². The lowest BCUT2D eigenvalue weighted by molar-refractivity contribution is -0.117. The number of amides is 2. The Morgan fingerprint density at radius 1 is 1.26 bits per heavy atom. The molecular weight excluding hydrogens is 635 g/mol. The summed E-state index contributed by atoms with van der Waals surface area (Å²) in [6.45, 7) is 0.269. The lowest BCUT2D eigenvalue weighted by Gasteiger charge is -2.16. The summed E-state index contributed by atoms with van der Waals surface area (Å²) in [6, 6.07) is 10.7. The van der Waals surface area contributed by atoms with Crippen LogP contribution in [0.5, 0.6) is 0 Å². The van der Waals surface area contributed by atoms with Gasteiger partial charge >= 0.3 is 6.09 Å². The summed E-state index contributed by atoms with van der Waals surface area (Å²) in [5, 5.41) is 17.7. The van der Waals surface area contributed by atoms with E-state index in [-0.39, 0.29) is 18.6 Å². The molecule has 1 aliphatic heterocycles. The van der Waals surface area contributed by atoms with Crippen molar-refractivity contribution in [1.29, 1.82) is 0 Å². The Morgan fingerprint density at radius 2 is 2.15 bits per heavy atom. The zero-order valence-electron chi connectivity index (χ0n) is 20.6. The molecule has 0 saturated carbocycles. The fraction of sp³-hybridized carbons (Fsp3) is 0.231. The molecule has 1 aliphatic rings. The molecule has 11 nitrogen and oxygen atoms in total. The van der Waals surface area contributed by atoms with Crippen molar-refractivity contribution in [2.45, 2.75) is 29.7 Å². The number of halogens is 2. The topological polar surface area (TPSA) is 140 Å². The van der Waals surface area contributed by atoms with E-state index >= 15 is 0 Å². The number of cyclic esters (lactones) is 1. The van der Waals surface area contributed by atoms with Crippen LogP contribution in [0.25, 0.3) is 23.0 Å². The van der Waals surface area contributed by atoms with Crippen molar-refractivity contribution in [3.8, 4) is 16.9 Å². The SMILES string of the molecule is O=C(/C=C/c1cc(Cl)ccc1-n1cnnn1)N[C@H]1CCCCOC(=O)Nc2cc(CI)ccc2-c2cnc1[nH]2. The van der Waals surface area contributed by atoms with Crippen molar-refractivity contribution in [3.63, 3.8) is 0 Å². The van der Waals surface area contributed by atoms with Crippen LogP contribution in [-0.4, -0.2) is 48.8 Å². The molecular formula is C26H24ClIN8O3. The van der Waals surface area contributed by atoms with Gasteiger partial charge in [0.1, 0.15) is 12.2 Å². The second-order valence-corrected chi connectivity index (χ2v) is 10.0. The molecule has 2 bridgehead atoms. The number of ether oxygens (including phenoxy) is 1. The van der Waals surface area contributed by atoms with Crippen molar-refractivity contribution in [1.82, 2.24) is 35.5 Å². The first-order valence-corrected chi connectivity index (χ1v) is 14.1. The summed E-state index contributed by atoms with van der Waals surface area (Å²) in [6.07, 6.45) is 7.73. The van der Waals surface area contributed by atoms with Gasteiger partial charge in [-0.15, -0.1) is 5.10 Å². The predicted octanol–water partition coefficient (Wildman–Crippen LogP) is 5.24. The number of nitrogens with zero attached hydrogens (tertiary/aromatic N) is 5. The number of benzene rings is 2. The Balaban J connectivity index is 1.39. The lowest BCUT2D eigenvalue weighted by Crippen LogP contribution is -2.27. The van der Waals surface area contributed by atoms with Crippen LogP contribution in [0.2, 0.25) is 5.02 Å². The van der Waals surface area contributed by atoms with Gasteiger partial charge in [0, 0.05) is 26.7 Å². The summed E-state index contributed by atoms with van der Waals surface area (Å²) in [4.78, 5) is 33.3. The summed E-state index contributed by atoms with van der Waals surface area (Å²) in [5.74, 6) is 0.324. The first-order chi connectivity index (χ1) is 19.0. The number of aromatic nitrogens is 6. The van der Waals surface area contributed by atoms with E-state index in [4.69, 9.17) is 16.3 Å². The second-order valence-electron chi connectivity index (χ2n) is 8.80. The van der Waals surface area contributed by atoms with Crippen LogP contribution in [0.4, 0.5) is 10.5 Å². The fourth-order valence-electron chi connectivity index (χ4n) is 4.23. The average Bonchev–Trinajstić information content (AvgIpc) is 3.64. The molecule has 200 valence electrons. The van der Waals surface area contributed by atoms with Gasteiger partial charge in [-0.3, -0.25) is 10.1 Å². The highest BCUT2D eigenvalue weighted by Gasteiger charge is 2.20. The van der Waals surface area contributed by atoms with E-state index in [9.17, 15) is 9.59 Å². The van der Waals surface area contributed by atoms with Crippen molar-refractivity contribution in [2.75, 3.05) is 11.9 Å². The Morgan fingerprint density at radius 3 is 2.97 bits per heavy atom. The van der Waals surface area contributed by atoms with Crippen LogP contribution in [0.1, 0.15) is 42.3 Å². The quantitative estimate of drug-likeness (QED) is 0.151. The van der Waals surface area contributed by atoms with Crippen LogP contribution >= 0.6 is 34.2 Å². The number of nitrogens with one attached hydrogen (secondary N) is 3. The monoisotopic (exact) mass is 658 g/mol. The number of imidazole rings is 1. The van der Waals surface area contributed by atoms with Crippen molar-refractivity contribution in [2.24, 2.45) is 0 Å². The smallest absolute Gasteiger partial charge is 0.411 e. The van der Waals surface area contributed by atoms with Crippen LogP contribution in [0, 0.1) is 0 Å². The van der Waals surface area contributed by atoms with Crippen molar-refractivity contribution in [3.05, 3.63) is 77.0 Å². The molecule has 39 heavy (non-hydrogen) atoms. The molecule has 0 unspecified atom stereocenters. The van der Waals surface area contributed by atoms with Gasteiger partial charge in [-0.05, 0) is 65.6 Å². The minimum atomic E-state index is -0.502. The molecule has 1 atom stereocenters. The Bertz CT molecular complexity index is 1500. The molecule has 5 rings (SSSR count). The number of aromatic amines is 1. The van der Waals surface area contributed by atoms with Crippen LogP contribution < -0.4 is 10.6 Å². The number of carbonyl (C=O) groups is 2. The molecule has 0 radical (unpaired) electrons. The average molecular weight is 659 g/mol. The largest absolute Gasteiger partial charge is 0.449 e. The number of tetrazole rings is 1. The third-order valence-electron chi connectivity index (χ3n) is 6.13. The standard InChI is InChI=1S/C26H24ClIN8O3/c27-18-6-8-23(36-15-30-34-35-36)17(12-18)5-9-24(37)31-20-3-1-2-10-39-26(38)33-21-11-16(13-28)4-7-19(21)22-14-29-25(20)32-22/h4-9,11-12,14-15,20H,1-3,10,13H2,(H,29,32)(H,31,37)(H,33,38)/b9-5+/t20-/m0/s1. The van der Waals surface area contributed by atoms with E-state index in [0.29, 0.717) is 47.0 Å². The first kappa shape index (κ1) is 26.8. The maximum atomic E-state index is 13.0. The lowest BCUT2D eigenvalue weighted by atomic mass is 10.1. The zero-order valence-corrected chi connectivity index (χ0v) is 23.5. The molecule has 0 fully saturated rings. The van der Waals surface area contributed by atoms with Gasteiger partial charge in [-0.25, -0.2) is 9.78 Å². The molecule has 2 aromatic carbocycles. The maximum Gasteiger partial charge on any atom is 0.411 e. The zero-order chi connectivity index (χ0) is 27.2. The van der Waals surface area contributed by atoms with Crippen LogP contribution in [0.3, 0.4) is 0 Å². The van der Waals surface area contributed by atoms with Gasteiger partial charge in [-0.2, -0.15) is 4.68 Å². The number of anilines is 1. The number of hydrogen-bond acceptors (Lipinski definition) is 7. The number of rotatable bonds is 5. The molecule has 0 saturated heterocycles. The molecule has 13 heteroatoms. The number of carbonyl (C=O) groups excluding carboxylic acids is 2. The highest BCUT2D eigenvalue weighted by atomic mass is 127. The van der Waals surface area contributed by atoms with Gasteiger partial charge in [0.15, 0.2) is 0 Å². The Labute approximate surface area is 242 Å². The normalized spacial score (nSPS) is 15.8. The summed E-state index contributed by atoms with van der Waals surface area (Å²) in [5.41, 5.74) is 4.56. The van der Waals surface area contributed by atoms with Gasteiger partial charge in [-0.1, -0.05) is 46.3 Å². The third kappa shape index (κ3) is 6.63. The molecule has 0 spiro atoms. The van der Waals surface area contributed by atoms with E-state index in [1.54, 1.807) is 30.5 Å². The number of hydrogen-bond donors (Lipinski definition) is 3. The van der Waals surface area contributed by atoms with E-state index in [1.165, 1.54) is 17.1 Å². The minimum Gasteiger partial charge on any atom is -0.449 e. The van der Waals surface area contributed by atoms with E-state index in [1.807, 2.05) is 18.2 Å². The summed E-state index contributed by atoms with van der Waals surface area (Å²) in [7, 11) is 0. The molecule has 4 aromatic rings. The maximum absolute atomic E-state index is 13.0. The molecule has 3 heterocycles. The second kappa shape index (κ2) is 12.4.